The molecule has 2 unspecified atom stereocenters. The molecule has 5 nitrogen and oxygen atoms in total. The van der Waals surface area contributed by atoms with Crippen LogP contribution in [0.2, 0.25) is 0 Å². The molecule has 0 saturated carbocycles. The molecule has 0 aliphatic rings. The molecule has 116 valence electrons. The van der Waals surface area contributed by atoms with Crippen LogP contribution in [-0.4, -0.2) is 22.0 Å². The van der Waals surface area contributed by atoms with Crippen molar-refractivity contribution in [3.63, 3.8) is 0 Å². The second kappa shape index (κ2) is 7.00. The van der Waals surface area contributed by atoms with Crippen molar-refractivity contribution in [3.05, 3.63) is 69.9 Å². The molecule has 1 aromatic carbocycles. The van der Waals surface area contributed by atoms with Crippen molar-refractivity contribution in [1.82, 2.24) is 10.3 Å². The molecule has 1 amide bonds. The van der Waals surface area contributed by atoms with Gasteiger partial charge in [0.05, 0.1) is 6.10 Å². The number of halogens is 1. The summed E-state index contributed by atoms with van der Waals surface area (Å²) < 4.78 is 12.8. The van der Waals surface area contributed by atoms with Crippen molar-refractivity contribution in [3.8, 4) is 0 Å². The first-order valence-corrected chi connectivity index (χ1v) is 6.89. The van der Waals surface area contributed by atoms with Crippen LogP contribution in [0.15, 0.2) is 47.4 Å². The SMILES string of the molecule is CC(CC(O)c1ccc(F)cc1)NC(=O)c1ccc[nH]c1=O. The summed E-state index contributed by atoms with van der Waals surface area (Å²) in [5, 5.41) is 12.7. The van der Waals surface area contributed by atoms with Gasteiger partial charge in [-0.3, -0.25) is 9.59 Å². The lowest BCUT2D eigenvalue weighted by Crippen LogP contribution is -2.36. The Bertz CT molecular complexity index is 697. The number of hydrogen-bond acceptors (Lipinski definition) is 3. The Morgan fingerprint density at radius 2 is 2.00 bits per heavy atom. The van der Waals surface area contributed by atoms with Crippen LogP contribution in [0.5, 0.6) is 0 Å². The van der Waals surface area contributed by atoms with Crippen molar-refractivity contribution >= 4 is 5.91 Å². The standard InChI is InChI=1S/C16H17FN2O3/c1-10(9-14(20)11-4-6-12(17)7-5-11)19-16(22)13-3-2-8-18-15(13)21/h2-8,10,14,20H,9H2,1H3,(H,18,21)(H,19,22). The van der Waals surface area contributed by atoms with Crippen LogP contribution >= 0.6 is 0 Å². The molecule has 0 saturated heterocycles. The van der Waals surface area contributed by atoms with Gasteiger partial charge < -0.3 is 15.4 Å². The molecule has 22 heavy (non-hydrogen) atoms. The molecule has 0 fully saturated rings. The van der Waals surface area contributed by atoms with Gasteiger partial charge in [0, 0.05) is 12.2 Å². The number of hydrogen-bond donors (Lipinski definition) is 3. The van der Waals surface area contributed by atoms with Crippen LogP contribution in [0, 0.1) is 5.82 Å². The molecule has 1 aromatic heterocycles. The normalized spacial score (nSPS) is 13.4. The Hall–Kier alpha value is -2.47. The molecule has 1 heterocycles. The number of aromatic nitrogens is 1. The Kier molecular flexibility index (Phi) is 5.06. The molecule has 0 aliphatic carbocycles. The van der Waals surface area contributed by atoms with E-state index in [1.54, 1.807) is 13.0 Å². The quantitative estimate of drug-likeness (QED) is 0.787. The second-order valence-corrected chi connectivity index (χ2v) is 5.09. The third-order valence-electron chi connectivity index (χ3n) is 3.27. The van der Waals surface area contributed by atoms with E-state index in [4.69, 9.17) is 0 Å². The van der Waals surface area contributed by atoms with Gasteiger partial charge in [0.1, 0.15) is 11.4 Å². The lowest BCUT2D eigenvalue weighted by Gasteiger charge is -2.18. The van der Waals surface area contributed by atoms with Gasteiger partial charge >= 0.3 is 0 Å². The van der Waals surface area contributed by atoms with Crippen LogP contribution in [-0.2, 0) is 0 Å². The van der Waals surface area contributed by atoms with E-state index >= 15 is 0 Å². The summed E-state index contributed by atoms with van der Waals surface area (Å²) in [4.78, 5) is 25.9. The molecule has 0 radical (unpaired) electrons. The molecule has 6 heteroatoms. The topological polar surface area (TPSA) is 82.2 Å². The minimum absolute atomic E-state index is 0.0191. The Morgan fingerprint density at radius 1 is 1.32 bits per heavy atom. The first-order valence-electron chi connectivity index (χ1n) is 6.89. The summed E-state index contributed by atoms with van der Waals surface area (Å²) >= 11 is 0. The smallest absolute Gasteiger partial charge is 0.260 e. The highest BCUT2D eigenvalue weighted by molar-refractivity contribution is 5.93. The van der Waals surface area contributed by atoms with Gasteiger partial charge in [0.25, 0.3) is 11.5 Å². The number of carbonyl (C=O) groups excluding carboxylic acids is 1. The number of nitrogens with one attached hydrogen (secondary N) is 2. The zero-order valence-electron chi connectivity index (χ0n) is 12.0. The van der Waals surface area contributed by atoms with Gasteiger partial charge in [-0.1, -0.05) is 12.1 Å². The van der Waals surface area contributed by atoms with Gasteiger partial charge in [-0.2, -0.15) is 0 Å². The van der Waals surface area contributed by atoms with Crippen LogP contribution in [0.1, 0.15) is 35.4 Å². The number of rotatable bonds is 5. The predicted octanol–water partition coefficient (Wildman–Crippen LogP) is 1.76. The van der Waals surface area contributed by atoms with Gasteiger partial charge in [-0.05, 0) is 43.2 Å². The van der Waals surface area contributed by atoms with E-state index in [9.17, 15) is 19.1 Å². The molecule has 0 aliphatic heterocycles. The van der Waals surface area contributed by atoms with Crippen molar-refractivity contribution in [2.75, 3.05) is 0 Å². The number of pyridine rings is 1. The van der Waals surface area contributed by atoms with Crippen LogP contribution in [0.4, 0.5) is 4.39 Å². The predicted molar refractivity (Wildman–Crippen MR) is 80.0 cm³/mol. The number of aliphatic hydroxyl groups is 1. The van der Waals surface area contributed by atoms with Gasteiger partial charge in [0.2, 0.25) is 0 Å². The maximum absolute atomic E-state index is 12.8. The summed E-state index contributed by atoms with van der Waals surface area (Å²) in [6.07, 6.45) is 0.869. The number of benzene rings is 1. The highest BCUT2D eigenvalue weighted by atomic mass is 19.1. The lowest BCUT2D eigenvalue weighted by atomic mass is 10.0. The van der Waals surface area contributed by atoms with Crippen LogP contribution in [0.25, 0.3) is 0 Å². The van der Waals surface area contributed by atoms with Crippen molar-refractivity contribution in [2.45, 2.75) is 25.5 Å². The maximum Gasteiger partial charge on any atom is 0.260 e. The fourth-order valence-corrected chi connectivity index (χ4v) is 2.12. The summed E-state index contributed by atoms with van der Waals surface area (Å²) in [7, 11) is 0. The molecule has 3 N–H and O–H groups in total. The second-order valence-electron chi connectivity index (χ2n) is 5.09. The Labute approximate surface area is 126 Å². The minimum atomic E-state index is -0.829. The maximum atomic E-state index is 12.8. The molecule has 2 rings (SSSR count). The number of aromatic amines is 1. The molecule has 2 aromatic rings. The van der Waals surface area contributed by atoms with E-state index in [0.717, 1.165) is 0 Å². The highest BCUT2D eigenvalue weighted by Crippen LogP contribution is 2.18. The Balaban J connectivity index is 1.96. The number of amides is 1. The number of aliphatic hydroxyl groups excluding tert-OH is 1. The zero-order chi connectivity index (χ0) is 16.1. The third-order valence-corrected chi connectivity index (χ3v) is 3.27. The number of H-pyrrole nitrogens is 1. The monoisotopic (exact) mass is 304 g/mol. The lowest BCUT2D eigenvalue weighted by molar-refractivity contribution is 0.0915. The molecular weight excluding hydrogens is 287 g/mol. The Morgan fingerprint density at radius 3 is 2.64 bits per heavy atom. The molecular formula is C16H17FN2O3. The average Bonchev–Trinajstić information content (AvgIpc) is 2.48. The van der Waals surface area contributed by atoms with Crippen molar-refractivity contribution < 1.29 is 14.3 Å². The molecule has 2 atom stereocenters. The van der Waals surface area contributed by atoms with E-state index in [1.165, 1.54) is 36.5 Å². The number of carbonyl (C=O) groups is 1. The van der Waals surface area contributed by atoms with E-state index in [2.05, 4.69) is 10.3 Å². The van der Waals surface area contributed by atoms with E-state index < -0.39 is 17.6 Å². The van der Waals surface area contributed by atoms with Gasteiger partial charge in [0.15, 0.2) is 0 Å². The van der Waals surface area contributed by atoms with Crippen LogP contribution in [0.3, 0.4) is 0 Å². The van der Waals surface area contributed by atoms with E-state index in [0.29, 0.717) is 5.56 Å². The minimum Gasteiger partial charge on any atom is -0.388 e. The van der Waals surface area contributed by atoms with Gasteiger partial charge in [-0.25, -0.2) is 4.39 Å². The first-order chi connectivity index (χ1) is 10.5. The summed E-state index contributed by atoms with van der Waals surface area (Å²) in [5.74, 6) is -0.874. The van der Waals surface area contributed by atoms with Crippen molar-refractivity contribution in [1.29, 1.82) is 0 Å². The summed E-state index contributed by atoms with van der Waals surface area (Å²) in [5.41, 5.74) is 0.122. The third kappa shape index (κ3) is 4.02. The zero-order valence-corrected chi connectivity index (χ0v) is 12.0. The molecule has 0 spiro atoms. The van der Waals surface area contributed by atoms with Crippen LogP contribution < -0.4 is 10.9 Å². The summed E-state index contributed by atoms with van der Waals surface area (Å²) in [6.45, 7) is 1.72. The van der Waals surface area contributed by atoms with Gasteiger partial charge in [-0.15, -0.1) is 0 Å². The van der Waals surface area contributed by atoms with Crippen molar-refractivity contribution in [2.24, 2.45) is 0 Å². The summed E-state index contributed by atoms with van der Waals surface area (Å²) in [6, 6.07) is 8.17. The molecule has 0 bridgehead atoms. The van der Waals surface area contributed by atoms with E-state index in [-0.39, 0.29) is 23.8 Å². The average molecular weight is 304 g/mol. The van der Waals surface area contributed by atoms with E-state index in [1.807, 2.05) is 0 Å². The largest absolute Gasteiger partial charge is 0.388 e. The fourth-order valence-electron chi connectivity index (χ4n) is 2.12. The highest BCUT2D eigenvalue weighted by Gasteiger charge is 2.16. The first kappa shape index (κ1) is 15.9. The fraction of sp³-hybridized carbons (Fsp3) is 0.250.